The van der Waals surface area contributed by atoms with E-state index in [9.17, 15) is 0 Å². The molecule has 2 rings (SSSR count). The van der Waals surface area contributed by atoms with E-state index in [1.165, 1.54) is 19.3 Å². The predicted molar refractivity (Wildman–Crippen MR) is 62.1 cm³/mol. The smallest absolute Gasteiger partial charge is 0.00440 e. The van der Waals surface area contributed by atoms with E-state index in [-0.39, 0.29) is 0 Å². The molecule has 1 atom stereocenters. The van der Waals surface area contributed by atoms with Crippen LogP contribution in [0.15, 0.2) is 35.5 Å². The third-order valence-corrected chi connectivity index (χ3v) is 3.90. The summed E-state index contributed by atoms with van der Waals surface area (Å²) in [6.45, 7) is 6.97. The summed E-state index contributed by atoms with van der Waals surface area (Å²) in [4.78, 5) is 0. The molecule has 0 aliphatic heterocycles. The van der Waals surface area contributed by atoms with Crippen molar-refractivity contribution < 1.29 is 0 Å². The van der Waals surface area contributed by atoms with Crippen molar-refractivity contribution in [2.24, 2.45) is 11.3 Å². The summed E-state index contributed by atoms with van der Waals surface area (Å²) in [5.41, 5.74) is 3.67. The first-order valence-corrected chi connectivity index (χ1v) is 5.66. The van der Waals surface area contributed by atoms with E-state index >= 15 is 0 Å². The molecule has 1 fully saturated rings. The van der Waals surface area contributed by atoms with E-state index in [1.807, 2.05) is 0 Å². The Bertz CT molecular complexity index is 301. The quantitative estimate of drug-likeness (QED) is 0.539. The Morgan fingerprint density at radius 2 is 1.93 bits per heavy atom. The highest BCUT2D eigenvalue weighted by molar-refractivity contribution is 5.32. The number of hydrogen-bond acceptors (Lipinski definition) is 0. The van der Waals surface area contributed by atoms with E-state index in [0.717, 1.165) is 0 Å². The Morgan fingerprint density at radius 1 is 1.29 bits per heavy atom. The third kappa shape index (κ3) is 1.37. The molecule has 0 N–H and O–H groups in total. The molecule has 76 valence electrons. The van der Waals surface area contributed by atoms with Crippen LogP contribution < -0.4 is 0 Å². The van der Waals surface area contributed by atoms with Gasteiger partial charge in [0, 0.05) is 5.92 Å². The summed E-state index contributed by atoms with van der Waals surface area (Å²) < 4.78 is 0. The van der Waals surface area contributed by atoms with Gasteiger partial charge in [0.2, 0.25) is 0 Å². The highest BCUT2D eigenvalue weighted by Crippen LogP contribution is 2.51. The number of hydrogen-bond donors (Lipinski definition) is 0. The number of allylic oxidation sites excluding steroid dienone is 6. The zero-order valence-corrected chi connectivity index (χ0v) is 9.51. The molecule has 0 heterocycles. The van der Waals surface area contributed by atoms with E-state index in [0.29, 0.717) is 11.3 Å². The molecule has 1 saturated carbocycles. The van der Waals surface area contributed by atoms with E-state index < -0.39 is 0 Å². The molecular formula is C14H20. The van der Waals surface area contributed by atoms with Gasteiger partial charge in [-0.1, -0.05) is 42.4 Å². The van der Waals surface area contributed by atoms with E-state index in [2.05, 4.69) is 45.1 Å². The van der Waals surface area contributed by atoms with Crippen LogP contribution in [-0.4, -0.2) is 0 Å². The van der Waals surface area contributed by atoms with Crippen molar-refractivity contribution in [2.45, 2.75) is 40.0 Å². The second-order valence-corrected chi connectivity index (χ2v) is 5.05. The van der Waals surface area contributed by atoms with Gasteiger partial charge in [-0.15, -0.1) is 0 Å². The minimum Gasteiger partial charge on any atom is -0.0768 e. The Labute approximate surface area is 87.4 Å². The van der Waals surface area contributed by atoms with Crippen LogP contribution in [0.5, 0.6) is 0 Å². The average molecular weight is 188 g/mol. The maximum Gasteiger partial charge on any atom is 0.00440 e. The first kappa shape index (κ1) is 9.76. The van der Waals surface area contributed by atoms with Gasteiger partial charge in [0.1, 0.15) is 0 Å². The van der Waals surface area contributed by atoms with Gasteiger partial charge in [-0.3, -0.25) is 0 Å². The van der Waals surface area contributed by atoms with Crippen molar-refractivity contribution in [1.29, 1.82) is 0 Å². The molecule has 0 aromatic carbocycles. The van der Waals surface area contributed by atoms with Gasteiger partial charge in [0.25, 0.3) is 0 Å². The van der Waals surface area contributed by atoms with Crippen LogP contribution in [0.2, 0.25) is 0 Å². The van der Waals surface area contributed by atoms with Gasteiger partial charge in [-0.2, -0.15) is 0 Å². The highest BCUT2D eigenvalue weighted by Gasteiger charge is 2.39. The molecule has 2 aliphatic carbocycles. The standard InChI is InChI=1S/C14H20/c1-11(2)13-9-6-10-14(13,3)12-7-4-5-8-12/h4-5,7-8,12H,6,9-10H2,1-3H3. The van der Waals surface area contributed by atoms with Crippen molar-refractivity contribution in [3.8, 4) is 0 Å². The zero-order chi connectivity index (χ0) is 10.2. The van der Waals surface area contributed by atoms with Gasteiger partial charge < -0.3 is 0 Å². The first-order chi connectivity index (χ1) is 6.64. The fraction of sp³-hybridized carbons (Fsp3) is 0.571. The normalized spacial score (nSPS) is 31.8. The largest absolute Gasteiger partial charge is 0.0768 e. The van der Waals surface area contributed by atoms with Crippen LogP contribution in [0.3, 0.4) is 0 Å². The lowest BCUT2D eigenvalue weighted by atomic mass is 9.72. The average Bonchev–Trinajstić information content (AvgIpc) is 2.71. The van der Waals surface area contributed by atoms with Gasteiger partial charge in [0.05, 0.1) is 0 Å². The van der Waals surface area contributed by atoms with Crippen molar-refractivity contribution in [3.05, 3.63) is 35.5 Å². The molecule has 0 heteroatoms. The lowest BCUT2D eigenvalue weighted by molar-refractivity contribution is 0.343. The van der Waals surface area contributed by atoms with E-state index in [1.54, 1.807) is 11.1 Å². The summed E-state index contributed by atoms with van der Waals surface area (Å²) in [7, 11) is 0. The molecule has 0 radical (unpaired) electrons. The molecular weight excluding hydrogens is 168 g/mol. The minimum atomic E-state index is 0.419. The summed E-state index contributed by atoms with van der Waals surface area (Å²) in [5, 5.41) is 0. The van der Waals surface area contributed by atoms with Gasteiger partial charge in [-0.25, -0.2) is 0 Å². The summed E-state index contributed by atoms with van der Waals surface area (Å²) in [6.07, 6.45) is 13.1. The van der Waals surface area contributed by atoms with Crippen LogP contribution >= 0.6 is 0 Å². The molecule has 0 saturated heterocycles. The van der Waals surface area contributed by atoms with Crippen molar-refractivity contribution in [2.75, 3.05) is 0 Å². The zero-order valence-electron chi connectivity index (χ0n) is 9.51. The third-order valence-electron chi connectivity index (χ3n) is 3.90. The Kier molecular flexibility index (Phi) is 2.38. The molecule has 0 bridgehead atoms. The van der Waals surface area contributed by atoms with Crippen molar-refractivity contribution >= 4 is 0 Å². The van der Waals surface area contributed by atoms with E-state index in [4.69, 9.17) is 0 Å². The van der Waals surface area contributed by atoms with Crippen LogP contribution in [-0.2, 0) is 0 Å². The maximum absolute atomic E-state index is 2.44. The summed E-state index contributed by atoms with van der Waals surface area (Å²) >= 11 is 0. The van der Waals surface area contributed by atoms with Crippen molar-refractivity contribution in [3.63, 3.8) is 0 Å². The van der Waals surface area contributed by atoms with Crippen LogP contribution in [0.1, 0.15) is 40.0 Å². The summed E-state index contributed by atoms with van der Waals surface area (Å²) in [6, 6.07) is 0. The maximum atomic E-state index is 2.44. The molecule has 0 aromatic heterocycles. The van der Waals surface area contributed by atoms with Crippen LogP contribution in [0.25, 0.3) is 0 Å². The molecule has 0 spiro atoms. The lowest BCUT2D eigenvalue weighted by Crippen LogP contribution is -2.22. The Morgan fingerprint density at radius 3 is 2.50 bits per heavy atom. The topological polar surface area (TPSA) is 0 Å². The molecule has 2 aliphatic rings. The summed E-state index contributed by atoms with van der Waals surface area (Å²) in [5.74, 6) is 0.648. The Balaban J connectivity index is 2.34. The SMILES string of the molecule is CC(C)=C1CCCC1(C)C1C=CC=C1. The second-order valence-electron chi connectivity index (χ2n) is 5.05. The fourth-order valence-electron chi connectivity index (χ4n) is 3.11. The fourth-order valence-corrected chi connectivity index (χ4v) is 3.11. The molecule has 0 nitrogen and oxygen atoms in total. The molecule has 1 unspecified atom stereocenters. The van der Waals surface area contributed by atoms with Crippen LogP contribution in [0.4, 0.5) is 0 Å². The predicted octanol–water partition coefficient (Wildman–Crippen LogP) is 4.26. The minimum absolute atomic E-state index is 0.419. The molecule has 0 amide bonds. The van der Waals surface area contributed by atoms with Gasteiger partial charge >= 0.3 is 0 Å². The van der Waals surface area contributed by atoms with Gasteiger partial charge in [-0.05, 0) is 38.5 Å². The number of rotatable bonds is 1. The first-order valence-electron chi connectivity index (χ1n) is 5.66. The molecule has 14 heavy (non-hydrogen) atoms. The second kappa shape index (κ2) is 3.42. The van der Waals surface area contributed by atoms with Crippen molar-refractivity contribution in [1.82, 2.24) is 0 Å². The van der Waals surface area contributed by atoms with Crippen LogP contribution in [0, 0.1) is 11.3 Å². The highest BCUT2D eigenvalue weighted by atomic mass is 14.4. The lowest BCUT2D eigenvalue weighted by Gasteiger charge is -2.32. The van der Waals surface area contributed by atoms with Gasteiger partial charge in [0.15, 0.2) is 0 Å². The monoisotopic (exact) mass is 188 g/mol. The molecule has 0 aromatic rings. The Hall–Kier alpha value is -0.780.